The van der Waals surface area contributed by atoms with Gasteiger partial charge in [-0.2, -0.15) is 0 Å². The molecule has 2 aliphatic carbocycles. The van der Waals surface area contributed by atoms with Gasteiger partial charge in [-0.1, -0.05) is 169 Å². The van der Waals surface area contributed by atoms with E-state index in [0.29, 0.717) is 64.1 Å². The molecule has 4 N–H and O–H groups in total. The van der Waals surface area contributed by atoms with Crippen LogP contribution in [0.5, 0.6) is 34.5 Å². The summed E-state index contributed by atoms with van der Waals surface area (Å²) in [6.45, 7) is 37.6. The van der Waals surface area contributed by atoms with Gasteiger partial charge in [-0.15, -0.1) is 0 Å². The molecule has 452 valence electrons. The molecule has 2 saturated carbocycles. The molecule has 0 aromatic heterocycles. The van der Waals surface area contributed by atoms with Crippen molar-refractivity contribution in [2.75, 3.05) is 0 Å². The van der Waals surface area contributed by atoms with Gasteiger partial charge in [0.2, 0.25) is 0 Å². The molecule has 0 saturated heterocycles. The highest BCUT2D eigenvalue weighted by Gasteiger charge is 2.31. The maximum absolute atomic E-state index is 13.4. The number of hydrogen-bond acceptors (Lipinski definition) is 12. The summed E-state index contributed by atoms with van der Waals surface area (Å²) < 4.78 is 11.8. The Balaban J connectivity index is 1.08. The van der Waals surface area contributed by atoms with Crippen LogP contribution < -0.4 is 9.47 Å². The summed E-state index contributed by atoms with van der Waals surface area (Å²) in [5.74, 6) is 0.457. The van der Waals surface area contributed by atoms with Gasteiger partial charge in [0.1, 0.15) is 34.5 Å². The summed E-state index contributed by atoms with van der Waals surface area (Å²) in [5, 5.41) is 46.0. The van der Waals surface area contributed by atoms with Crippen LogP contribution in [0.1, 0.15) is 264 Å². The third kappa shape index (κ3) is 17.9. The summed E-state index contributed by atoms with van der Waals surface area (Å²) in [4.78, 5) is 46.8. The number of carbonyl (C=O) groups is 2. The predicted molar refractivity (Wildman–Crippen MR) is 341 cm³/mol. The maximum atomic E-state index is 13.4. The lowest BCUT2D eigenvalue weighted by atomic mass is 9.79. The van der Waals surface area contributed by atoms with Crippen LogP contribution in [-0.2, 0) is 42.1 Å². The van der Waals surface area contributed by atoms with E-state index in [9.17, 15) is 30.0 Å². The van der Waals surface area contributed by atoms with Gasteiger partial charge in [-0.25, -0.2) is 0 Å². The molecular formula is C71H100N4O8. The first kappa shape index (κ1) is 65.8. The molecule has 0 aliphatic heterocycles. The lowest BCUT2D eigenvalue weighted by Crippen LogP contribution is -2.27. The Kier molecular flexibility index (Phi) is 20.9. The Morgan fingerprint density at radius 2 is 0.639 bits per heavy atom. The second kappa shape index (κ2) is 26.3. The molecule has 6 rings (SSSR count). The van der Waals surface area contributed by atoms with E-state index in [4.69, 9.17) is 29.4 Å². The van der Waals surface area contributed by atoms with Crippen LogP contribution in [0.3, 0.4) is 0 Å². The standard InChI is InChI=1S/C71H100N4O8/c1-66(2,3)48-32-44(62(78)52(36-48)68(7,8)9)40-72-56-26-22-24-28-58(56)74-42-46-34-50(38-54(64(46)80)70(13,14)15)82-60(76)30-20-19-21-31-61(77)83-51-35-47(65(81)55(39-51)71(16,17)18)43-75-59-29-25-23-27-57(59)73-41-45-33-49(67(4,5)6)37-53(63(45)79)69(10,11)12/h32-43,56-59,78-81H,19-31H2,1-18H3. The van der Waals surface area contributed by atoms with Crippen molar-refractivity contribution in [3.8, 4) is 34.5 Å². The fourth-order valence-electron chi connectivity index (χ4n) is 10.9. The van der Waals surface area contributed by atoms with E-state index in [1.54, 1.807) is 49.1 Å². The van der Waals surface area contributed by atoms with Crippen molar-refractivity contribution in [3.05, 3.63) is 104 Å². The zero-order valence-corrected chi connectivity index (χ0v) is 53.6. The normalized spacial score (nSPS) is 18.9. The van der Waals surface area contributed by atoms with Gasteiger partial charge in [0.25, 0.3) is 0 Å². The molecule has 0 spiro atoms. The first-order valence-electron chi connectivity index (χ1n) is 30.5. The molecule has 2 aliphatic rings. The summed E-state index contributed by atoms with van der Waals surface area (Å²) in [7, 11) is 0. The second-order valence-corrected chi connectivity index (χ2v) is 29.7. The molecule has 4 unspecified atom stereocenters. The number of unbranched alkanes of at least 4 members (excludes halogenated alkanes) is 2. The minimum Gasteiger partial charge on any atom is -0.507 e. The topological polar surface area (TPSA) is 183 Å². The Hall–Kier alpha value is -6.30. The van der Waals surface area contributed by atoms with Crippen molar-refractivity contribution in [1.29, 1.82) is 0 Å². The largest absolute Gasteiger partial charge is 0.507 e. The molecule has 0 bridgehead atoms. The number of esters is 2. The molecule has 12 heteroatoms. The van der Waals surface area contributed by atoms with E-state index in [1.165, 1.54) is 0 Å². The number of hydrogen-bond donors (Lipinski definition) is 4. The van der Waals surface area contributed by atoms with Crippen LogP contribution in [0, 0.1) is 0 Å². The predicted octanol–water partition coefficient (Wildman–Crippen LogP) is 16.5. The molecule has 4 aromatic carbocycles. The number of nitrogens with zero attached hydrogens (tertiary/aromatic N) is 4. The third-order valence-electron chi connectivity index (χ3n) is 16.2. The van der Waals surface area contributed by atoms with Gasteiger partial charge in [0.15, 0.2) is 0 Å². The third-order valence-corrected chi connectivity index (χ3v) is 16.2. The molecule has 2 fully saturated rings. The number of benzene rings is 4. The molecule has 83 heavy (non-hydrogen) atoms. The highest BCUT2D eigenvalue weighted by atomic mass is 16.5. The summed E-state index contributed by atoms with van der Waals surface area (Å²) in [6.07, 6.45) is 16.2. The number of phenolic OH excluding ortho intramolecular Hbond substituents is 4. The monoisotopic (exact) mass is 1140 g/mol. The number of phenols is 4. The summed E-state index contributed by atoms with van der Waals surface area (Å²) >= 11 is 0. The number of carbonyl (C=O) groups excluding carboxylic acids is 2. The van der Waals surface area contributed by atoms with Gasteiger partial charge in [-0.3, -0.25) is 29.6 Å². The van der Waals surface area contributed by atoms with Crippen LogP contribution in [0.25, 0.3) is 0 Å². The summed E-state index contributed by atoms with van der Waals surface area (Å²) in [6, 6.07) is 14.5. The highest BCUT2D eigenvalue weighted by Crippen LogP contribution is 2.42. The Morgan fingerprint density at radius 1 is 0.386 bits per heavy atom. The number of rotatable bonds is 16. The zero-order valence-electron chi connectivity index (χ0n) is 53.6. The van der Waals surface area contributed by atoms with E-state index >= 15 is 0 Å². The smallest absolute Gasteiger partial charge is 0.311 e. The summed E-state index contributed by atoms with van der Waals surface area (Å²) in [5.41, 5.74) is 5.88. The number of aliphatic imine (C=N–C) groups is 4. The molecular weight excluding hydrogens is 1040 g/mol. The van der Waals surface area contributed by atoms with E-state index in [1.807, 2.05) is 53.7 Å². The lowest BCUT2D eigenvalue weighted by molar-refractivity contribution is -0.134. The zero-order chi connectivity index (χ0) is 61.6. The second-order valence-electron chi connectivity index (χ2n) is 29.7. The van der Waals surface area contributed by atoms with E-state index in [-0.39, 0.29) is 81.7 Å². The quantitative estimate of drug-likeness (QED) is 0.0370. The van der Waals surface area contributed by atoms with Crippen LogP contribution in [0.15, 0.2) is 68.5 Å². The van der Waals surface area contributed by atoms with Crippen molar-refractivity contribution in [2.24, 2.45) is 20.0 Å². The average Bonchev–Trinajstić information content (AvgIpc) is 2.51. The lowest BCUT2D eigenvalue weighted by Gasteiger charge is -2.28. The van der Waals surface area contributed by atoms with Crippen molar-refractivity contribution in [1.82, 2.24) is 0 Å². The van der Waals surface area contributed by atoms with Crippen molar-refractivity contribution in [2.45, 2.75) is 265 Å². The van der Waals surface area contributed by atoms with Gasteiger partial charge >= 0.3 is 11.9 Å². The molecule has 12 nitrogen and oxygen atoms in total. The fraction of sp³-hybridized carbons (Fsp3) is 0.577. The van der Waals surface area contributed by atoms with Crippen LogP contribution >= 0.6 is 0 Å². The van der Waals surface area contributed by atoms with E-state index in [2.05, 4.69) is 95.2 Å². The van der Waals surface area contributed by atoms with Gasteiger partial charge in [0, 0.05) is 82.2 Å². The van der Waals surface area contributed by atoms with Crippen molar-refractivity contribution < 1.29 is 39.5 Å². The van der Waals surface area contributed by atoms with E-state index in [0.717, 1.165) is 73.6 Å². The number of aromatic hydroxyl groups is 4. The van der Waals surface area contributed by atoms with Crippen LogP contribution in [0.2, 0.25) is 0 Å². The first-order chi connectivity index (χ1) is 38.4. The molecule has 0 heterocycles. The van der Waals surface area contributed by atoms with E-state index < -0.39 is 22.8 Å². The molecule has 0 amide bonds. The Bertz CT molecular complexity index is 2860. The molecule has 4 atom stereocenters. The van der Waals surface area contributed by atoms with Crippen LogP contribution in [0.4, 0.5) is 0 Å². The molecule has 4 aromatic rings. The van der Waals surface area contributed by atoms with Gasteiger partial charge < -0.3 is 29.9 Å². The highest BCUT2D eigenvalue weighted by molar-refractivity contribution is 5.88. The minimum atomic E-state index is -0.473. The fourth-order valence-corrected chi connectivity index (χ4v) is 10.9. The average molecular weight is 1140 g/mol. The SMILES string of the molecule is CC(C)(C)c1cc(C=NC2CCCCC2N=Cc2cc(OC(=O)CCCCCC(=O)Oc3cc(C=NC4CCCCC4N=Cc4cc(C(C)(C)C)cc(C(C)(C)C)c4O)c(O)c(C(C)(C)C)c3)cc(C(C)(C)C)c2O)c(O)c(C(C)(C)C)c1. The van der Waals surface area contributed by atoms with Gasteiger partial charge in [0.05, 0.1) is 24.2 Å². The Labute approximate surface area is 497 Å². The van der Waals surface area contributed by atoms with Crippen molar-refractivity contribution >= 4 is 36.8 Å². The molecule has 0 radical (unpaired) electrons. The number of ether oxygens (including phenoxy) is 2. The Morgan fingerprint density at radius 3 is 0.892 bits per heavy atom. The van der Waals surface area contributed by atoms with Crippen LogP contribution in [-0.4, -0.2) is 81.4 Å². The maximum Gasteiger partial charge on any atom is 0.311 e. The first-order valence-corrected chi connectivity index (χ1v) is 30.5. The minimum absolute atomic E-state index is 0.0827. The van der Waals surface area contributed by atoms with Crippen molar-refractivity contribution in [3.63, 3.8) is 0 Å². The van der Waals surface area contributed by atoms with Gasteiger partial charge in [-0.05, 0) is 119 Å².